The fraction of sp³-hybridized carbons (Fsp3) is 0.571. The minimum Gasteiger partial charge on any atom is -0.367 e. The van der Waals surface area contributed by atoms with Crippen LogP contribution in [0.5, 0.6) is 0 Å². The van der Waals surface area contributed by atoms with E-state index in [1.165, 1.54) is 12.8 Å². The SMILES string of the molecule is CC1CCCN(c2ccc(CN)cc2Cl)C1C. The normalized spacial score (nSPS) is 25.1. The lowest BCUT2D eigenvalue weighted by Crippen LogP contribution is -2.42. The van der Waals surface area contributed by atoms with Crippen molar-refractivity contribution in [1.82, 2.24) is 0 Å². The summed E-state index contributed by atoms with van der Waals surface area (Å²) in [6.07, 6.45) is 2.57. The quantitative estimate of drug-likeness (QED) is 0.874. The number of rotatable bonds is 2. The molecule has 3 heteroatoms. The van der Waals surface area contributed by atoms with Crippen LogP contribution in [-0.2, 0) is 6.54 Å². The molecular weight excluding hydrogens is 232 g/mol. The van der Waals surface area contributed by atoms with Crippen molar-refractivity contribution in [3.63, 3.8) is 0 Å². The summed E-state index contributed by atoms with van der Waals surface area (Å²) in [5.41, 5.74) is 7.87. The van der Waals surface area contributed by atoms with Crippen LogP contribution in [0.15, 0.2) is 18.2 Å². The van der Waals surface area contributed by atoms with E-state index < -0.39 is 0 Å². The molecular formula is C14H21ClN2. The van der Waals surface area contributed by atoms with Gasteiger partial charge in [-0.15, -0.1) is 0 Å². The molecule has 0 aromatic heterocycles. The van der Waals surface area contributed by atoms with Crippen molar-refractivity contribution in [3.8, 4) is 0 Å². The van der Waals surface area contributed by atoms with Crippen molar-refractivity contribution < 1.29 is 0 Å². The smallest absolute Gasteiger partial charge is 0.0642 e. The molecule has 1 saturated heterocycles. The third kappa shape index (κ3) is 2.58. The lowest BCUT2D eigenvalue weighted by molar-refractivity contribution is 0.363. The Morgan fingerprint density at radius 2 is 2.18 bits per heavy atom. The maximum Gasteiger partial charge on any atom is 0.0642 e. The van der Waals surface area contributed by atoms with Crippen LogP contribution in [0.25, 0.3) is 0 Å². The van der Waals surface area contributed by atoms with Crippen molar-refractivity contribution in [2.45, 2.75) is 39.3 Å². The third-order valence-corrected chi connectivity index (χ3v) is 4.23. The molecule has 1 aromatic rings. The highest BCUT2D eigenvalue weighted by Crippen LogP contribution is 2.33. The van der Waals surface area contributed by atoms with Gasteiger partial charge in [0.1, 0.15) is 0 Å². The maximum absolute atomic E-state index is 6.36. The summed E-state index contributed by atoms with van der Waals surface area (Å²) in [5, 5.41) is 0.828. The lowest BCUT2D eigenvalue weighted by Gasteiger charge is -2.40. The molecule has 2 unspecified atom stereocenters. The monoisotopic (exact) mass is 252 g/mol. The summed E-state index contributed by atoms with van der Waals surface area (Å²) in [6.45, 7) is 6.26. The van der Waals surface area contributed by atoms with Crippen molar-refractivity contribution in [2.24, 2.45) is 11.7 Å². The number of piperidine rings is 1. The zero-order chi connectivity index (χ0) is 12.4. The third-order valence-electron chi connectivity index (χ3n) is 3.93. The van der Waals surface area contributed by atoms with E-state index >= 15 is 0 Å². The van der Waals surface area contributed by atoms with Gasteiger partial charge in [-0.3, -0.25) is 0 Å². The van der Waals surface area contributed by atoms with E-state index in [1.54, 1.807) is 0 Å². The van der Waals surface area contributed by atoms with Crippen LogP contribution in [0.3, 0.4) is 0 Å². The lowest BCUT2D eigenvalue weighted by atomic mass is 9.91. The van der Waals surface area contributed by atoms with Crippen LogP contribution in [0.4, 0.5) is 5.69 Å². The number of halogens is 1. The first kappa shape index (κ1) is 12.7. The molecule has 1 fully saturated rings. The Bertz CT molecular complexity index is 392. The van der Waals surface area contributed by atoms with Crippen LogP contribution in [0, 0.1) is 5.92 Å². The molecule has 0 radical (unpaired) electrons. The van der Waals surface area contributed by atoms with E-state index in [0.29, 0.717) is 12.6 Å². The van der Waals surface area contributed by atoms with Gasteiger partial charge >= 0.3 is 0 Å². The molecule has 0 saturated carbocycles. The number of anilines is 1. The Morgan fingerprint density at radius 3 is 2.82 bits per heavy atom. The van der Waals surface area contributed by atoms with Crippen LogP contribution in [0.1, 0.15) is 32.3 Å². The predicted molar refractivity (Wildman–Crippen MR) is 74.5 cm³/mol. The van der Waals surface area contributed by atoms with Gasteiger partial charge < -0.3 is 10.6 Å². The number of nitrogens with two attached hydrogens (primary N) is 1. The molecule has 0 aliphatic carbocycles. The Kier molecular flexibility index (Phi) is 3.95. The van der Waals surface area contributed by atoms with Crippen LogP contribution in [0.2, 0.25) is 5.02 Å². The second-order valence-electron chi connectivity index (χ2n) is 5.04. The van der Waals surface area contributed by atoms with E-state index in [0.717, 1.165) is 28.7 Å². The topological polar surface area (TPSA) is 29.3 Å². The molecule has 1 aliphatic heterocycles. The standard InChI is InChI=1S/C14H21ClN2/c1-10-4-3-7-17(11(10)2)14-6-5-12(9-16)8-13(14)15/h5-6,8,10-11H,3-4,7,9,16H2,1-2H3. The van der Waals surface area contributed by atoms with E-state index in [9.17, 15) is 0 Å². The van der Waals surface area contributed by atoms with Gasteiger partial charge in [0.05, 0.1) is 10.7 Å². The molecule has 2 atom stereocenters. The molecule has 0 bridgehead atoms. The number of hydrogen-bond donors (Lipinski definition) is 1. The summed E-state index contributed by atoms with van der Waals surface area (Å²) >= 11 is 6.36. The zero-order valence-electron chi connectivity index (χ0n) is 10.6. The van der Waals surface area contributed by atoms with Gasteiger partial charge in [0, 0.05) is 19.1 Å². The molecule has 0 spiro atoms. The van der Waals surface area contributed by atoms with Crippen molar-refractivity contribution in [1.29, 1.82) is 0 Å². The Hall–Kier alpha value is -0.730. The van der Waals surface area contributed by atoms with Gasteiger partial charge in [-0.2, -0.15) is 0 Å². The average Bonchev–Trinajstić information content (AvgIpc) is 2.33. The number of benzene rings is 1. The van der Waals surface area contributed by atoms with Crippen molar-refractivity contribution >= 4 is 17.3 Å². The minimum atomic E-state index is 0.548. The van der Waals surface area contributed by atoms with Crippen molar-refractivity contribution in [2.75, 3.05) is 11.4 Å². The summed E-state index contributed by atoms with van der Waals surface area (Å²) in [7, 11) is 0. The average molecular weight is 253 g/mol. The Balaban J connectivity index is 2.27. The Labute approximate surface area is 109 Å². The Morgan fingerprint density at radius 1 is 1.41 bits per heavy atom. The van der Waals surface area contributed by atoms with Crippen LogP contribution in [-0.4, -0.2) is 12.6 Å². The largest absolute Gasteiger partial charge is 0.367 e. The second-order valence-corrected chi connectivity index (χ2v) is 5.45. The summed E-state index contributed by atoms with van der Waals surface area (Å²) in [4.78, 5) is 2.43. The molecule has 2 rings (SSSR count). The first-order chi connectivity index (χ1) is 8.13. The molecule has 0 amide bonds. The fourth-order valence-corrected chi connectivity index (χ4v) is 2.90. The molecule has 1 heterocycles. The van der Waals surface area contributed by atoms with Gasteiger partial charge in [0.25, 0.3) is 0 Å². The number of hydrogen-bond acceptors (Lipinski definition) is 2. The van der Waals surface area contributed by atoms with E-state index in [2.05, 4.69) is 30.9 Å². The molecule has 1 aromatic carbocycles. The van der Waals surface area contributed by atoms with Gasteiger partial charge in [0.2, 0.25) is 0 Å². The van der Waals surface area contributed by atoms with Crippen LogP contribution < -0.4 is 10.6 Å². The van der Waals surface area contributed by atoms with Gasteiger partial charge in [0.15, 0.2) is 0 Å². The maximum atomic E-state index is 6.36. The minimum absolute atomic E-state index is 0.548. The summed E-state index contributed by atoms with van der Waals surface area (Å²) in [5.74, 6) is 0.731. The van der Waals surface area contributed by atoms with Gasteiger partial charge in [-0.25, -0.2) is 0 Å². The van der Waals surface area contributed by atoms with E-state index in [1.807, 2.05) is 6.07 Å². The first-order valence-corrected chi connectivity index (χ1v) is 6.76. The molecule has 2 nitrogen and oxygen atoms in total. The summed E-state index contributed by atoms with van der Waals surface area (Å²) in [6, 6.07) is 6.74. The van der Waals surface area contributed by atoms with Crippen LogP contribution >= 0.6 is 11.6 Å². The van der Waals surface area contributed by atoms with Gasteiger partial charge in [-0.1, -0.05) is 24.6 Å². The highest BCUT2D eigenvalue weighted by molar-refractivity contribution is 6.33. The van der Waals surface area contributed by atoms with Gasteiger partial charge in [-0.05, 0) is 43.4 Å². The number of nitrogens with zero attached hydrogens (tertiary/aromatic N) is 1. The molecule has 2 N–H and O–H groups in total. The highest BCUT2D eigenvalue weighted by atomic mass is 35.5. The van der Waals surface area contributed by atoms with E-state index in [4.69, 9.17) is 17.3 Å². The molecule has 1 aliphatic rings. The fourth-order valence-electron chi connectivity index (χ4n) is 2.59. The summed E-state index contributed by atoms with van der Waals surface area (Å²) < 4.78 is 0. The predicted octanol–water partition coefficient (Wildman–Crippen LogP) is 3.42. The molecule has 17 heavy (non-hydrogen) atoms. The molecule has 94 valence electrons. The highest BCUT2D eigenvalue weighted by Gasteiger charge is 2.25. The van der Waals surface area contributed by atoms with E-state index in [-0.39, 0.29) is 0 Å². The van der Waals surface area contributed by atoms with Crippen molar-refractivity contribution in [3.05, 3.63) is 28.8 Å². The first-order valence-electron chi connectivity index (χ1n) is 6.38. The second kappa shape index (κ2) is 5.28. The zero-order valence-corrected chi connectivity index (χ0v) is 11.4.